The molecule has 1 aromatic heterocycles. The number of aryl methyl sites for hydroxylation is 3. The van der Waals surface area contributed by atoms with Gasteiger partial charge in [0, 0.05) is 6.42 Å². The first-order valence-electron chi connectivity index (χ1n) is 6.48. The maximum absolute atomic E-state index is 5.86. The molecule has 1 N–H and O–H groups in total. The predicted molar refractivity (Wildman–Crippen MR) is 74.9 cm³/mol. The van der Waals surface area contributed by atoms with E-state index in [0.717, 1.165) is 17.9 Å². The highest BCUT2D eigenvalue weighted by molar-refractivity contribution is 5.36. The quantitative estimate of drug-likeness (QED) is 0.884. The SMILES string of the molecule is CCc1ccc(C(NC)c2ccc(C)cc2C)o1. The molecule has 0 aliphatic rings. The number of hydrogen-bond acceptors (Lipinski definition) is 2. The average molecular weight is 243 g/mol. The Kier molecular flexibility index (Phi) is 3.87. The van der Waals surface area contributed by atoms with E-state index in [-0.39, 0.29) is 6.04 Å². The van der Waals surface area contributed by atoms with Crippen LogP contribution in [-0.4, -0.2) is 7.05 Å². The minimum atomic E-state index is 0.130. The molecule has 0 aliphatic carbocycles. The Hall–Kier alpha value is -1.54. The number of furan rings is 1. The van der Waals surface area contributed by atoms with Crippen molar-refractivity contribution in [2.45, 2.75) is 33.2 Å². The second-order valence-corrected chi connectivity index (χ2v) is 4.74. The highest BCUT2D eigenvalue weighted by atomic mass is 16.3. The number of hydrogen-bond donors (Lipinski definition) is 1. The largest absolute Gasteiger partial charge is 0.464 e. The molecule has 18 heavy (non-hydrogen) atoms. The van der Waals surface area contributed by atoms with Crippen molar-refractivity contribution in [3.63, 3.8) is 0 Å². The summed E-state index contributed by atoms with van der Waals surface area (Å²) in [6.07, 6.45) is 0.934. The molecule has 1 aromatic carbocycles. The van der Waals surface area contributed by atoms with E-state index in [2.05, 4.69) is 56.4 Å². The van der Waals surface area contributed by atoms with Crippen molar-refractivity contribution in [2.75, 3.05) is 7.05 Å². The summed E-state index contributed by atoms with van der Waals surface area (Å²) in [5.74, 6) is 2.02. The van der Waals surface area contributed by atoms with E-state index in [0.29, 0.717) is 0 Å². The zero-order chi connectivity index (χ0) is 13.1. The maximum atomic E-state index is 5.86. The Balaban J connectivity index is 2.38. The lowest BCUT2D eigenvalue weighted by Gasteiger charge is -2.17. The molecule has 96 valence electrons. The van der Waals surface area contributed by atoms with Crippen LogP contribution in [0.3, 0.4) is 0 Å². The molecule has 2 nitrogen and oxygen atoms in total. The van der Waals surface area contributed by atoms with E-state index in [1.807, 2.05) is 7.05 Å². The molecule has 1 unspecified atom stereocenters. The lowest BCUT2D eigenvalue weighted by atomic mass is 9.98. The standard InChI is InChI=1S/C16H21NO/c1-5-13-7-9-15(18-13)16(17-4)14-8-6-11(2)10-12(14)3/h6-10,16-17H,5H2,1-4H3. The lowest BCUT2D eigenvalue weighted by Crippen LogP contribution is -2.18. The lowest BCUT2D eigenvalue weighted by molar-refractivity contribution is 0.433. The Bertz CT molecular complexity index is 528. The van der Waals surface area contributed by atoms with Gasteiger partial charge in [-0.1, -0.05) is 30.7 Å². The molecule has 0 saturated heterocycles. The van der Waals surface area contributed by atoms with Crippen LogP contribution in [0.15, 0.2) is 34.7 Å². The minimum Gasteiger partial charge on any atom is -0.464 e. The van der Waals surface area contributed by atoms with Gasteiger partial charge in [0.05, 0.1) is 6.04 Å². The van der Waals surface area contributed by atoms with E-state index in [9.17, 15) is 0 Å². The molecule has 0 bridgehead atoms. The van der Waals surface area contributed by atoms with Crippen molar-refractivity contribution in [1.82, 2.24) is 5.32 Å². The summed E-state index contributed by atoms with van der Waals surface area (Å²) in [5, 5.41) is 3.34. The first-order chi connectivity index (χ1) is 8.65. The Morgan fingerprint density at radius 3 is 2.50 bits per heavy atom. The van der Waals surface area contributed by atoms with Gasteiger partial charge in [0.1, 0.15) is 11.5 Å². The number of rotatable bonds is 4. The average Bonchev–Trinajstić information content (AvgIpc) is 2.81. The van der Waals surface area contributed by atoms with Gasteiger partial charge in [0.25, 0.3) is 0 Å². The van der Waals surface area contributed by atoms with Gasteiger partial charge in [-0.2, -0.15) is 0 Å². The first-order valence-corrected chi connectivity index (χ1v) is 6.48. The molecule has 0 amide bonds. The molecule has 1 heterocycles. The monoisotopic (exact) mass is 243 g/mol. The van der Waals surface area contributed by atoms with E-state index in [1.54, 1.807) is 0 Å². The molecule has 0 fully saturated rings. The molecule has 0 saturated carbocycles. The highest BCUT2D eigenvalue weighted by Gasteiger charge is 2.17. The molecular formula is C16H21NO. The minimum absolute atomic E-state index is 0.130. The smallest absolute Gasteiger partial charge is 0.125 e. The van der Waals surface area contributed by atoms with Crippen LogP contribution in [0.5, 0.6) is 0 Å². The van der Waals surface area contributed by atoms with Crippen LogP contribution in [0.4, 0.5) is 0 Å². The van der Waals surface area contributed by atoms with Gasteiger partial charge in [0.2, 0.25) is 0 Å². The van der Waals surface area contributed by atoms with Crippen molar-refractivity contribution in [3.05, 3.63) is 58.5 Å². The normalized spacial score (nSPS) is 12.7. The predicted octanol–water partition coefficient (Wildman–Crippen LogP) is 3.77. The highest BCUT2D eigenvalue weighted by Crippen LogP contribution is 2.26. The maximum Gasteiger partial charge on any atom is 0.125 e. The van der Waals surface area contributed by atoms with Gasteiger partial charge in [-0.3, -0.25) is 0 Å². The summed E-state index contributed by atoms with van der Waals surface area (Å²) in [6.45, 7) is 6.37. The van der Waals surface area contributed by atoms with Crippen LogP contribution in [0, 0.1) is 13.8 Å². The fourth-order valence-electron chi connectivity index (χ4n) is 2.34. The fraction of sp³-hybridized carbons (Fsp3) is 0.375. The Labute approximate surface area is 109 Å². The van der Waals surface area contributed by atoms with E-state index < -0.39 is 0 Å². The van der Waals surface area contributed by atoms with E-state index in [4.69, 9.17) is 4.42 Å². The van der Waals surface area contributed by atoms with Crippen molar-refractivity contribution in [1.29, 1.82) is 0 Å². The van der Waals surface area contributed by atoms with E-state index in [1.165, 1.54) is 16.7 Å². The van der Waals surface area contributed by atoms with Gasteiger partial charge < -0.3 is 9.73 Å². The summed E-state index contributed by atoms with van der Waals surface area (Å²) in [5.41, 5.74) is 3.86. The molecule has 0 aliphatic heterocycles. The first kappa shape index (κ1) is 12.9. The molecule has 0 radical (unpaired) electrons. The molecule has 1 atom stereocenters. The van der Waals surface area contributed by atoms with Crippen LogP contribution >= 0.6 is 0 Å². The molecule has 0 spiro atoms. The third-order valence-electron chi connectivity index (χ3n) is 3.34. The van der Waals surface area contributed by atoms with Gasteiger partial charge in [-0.05, 0) is 44.2 Å². The fourth-order valence-corrected chi connectivity index (χ4v) is 2.34. The van der Waals surface area contributed by atoms with Crippen molar-refractivity contribution in [3.8, 4) is 0 Å². The van der Waals surface area contributed by atoms with Gasteiger partial charge in [-0.15, -0.1) is 0 Å². The zero-order valence-electron chi connectivity index (χ0n) is 11.6. The zero-order valence-corrected chi connectivity index (χ0v) is 11.6. The molecular weight excluding hydrogens is 222 g/mol. The second kappa shape index (κ2) is 5.40. The van der Waals surface area contributed by atoms with Crippen LogP contribution in [0.25, 0.3) is 0 Å². The summed E-state index contributed by atoms with van der Waals surface area (Å²) in [4.78, 5) is 0. The summed E-state index contributed by atoms with van der Waals surface area (Å²) >= 11 is 0. The van der Waals surface area contributed by atoms with Crippen molar-refractivity contribution in [2.24, 2.45) is 0 Å². The van der Waals surface area contributed by atoms with Gasteiger partial charge in [0.15, 0.2) is 0 Å². The van der Waals surface area contributed by atoms with Gasteiger partial charge >= 0.3 is 0 Å². The summed E-state index contributed by atoms with van der Waals surface area (Å²) < 4.78 is 5.86. The Morgan fingerprint density at radius 1 is 1.17 bits per heavy atom. The summed E-state index contributed by atoms with van der Waals surface area (Å²) in [6, 6.07) is 10.8. The number of benzene rings is 1. The van der Waals surface area contributed by atoms with Crippen LogP contribution in [0.1, 0.15) is 41.2 Å². The van der Waals surface area contributed by atoms with Crippen molar-refractivity contribution < 1.29 is 4.42 Å². The molecule has 2 heteroatoms. The Morgan fingerprint density at radius 2 is 1.94 bits per heavy atom. The van der Waals surface area contributed by atoms with Crippen molar-refractivity contribution >= 4 is 0 Å². The van der Waals surface area contributed by atoms with E-state index >= 15 is 0 Å². The van der Waals surface area contributed by atoms with Gasteiger partial charge in [-0.25, -0.2) is 0 Å². The number of nitrogens with one attached hydrogen (secondary N) is 1. The van der Waals surface area contributed by atoms with Crippen LogP contribution < -0.4 is 5.32 Å². The van der Waals surface area contributed by atoms with Crippen LogP contribution in [0.2, 0.25) is 0 Å². The third kappa shape index (κ3) is 2.49. The molecule has 2 rings (SSSR count). The second-order valence-electron chi connectivity index (χ2n) is 4.74. The molecule has 2 aromatic rings. The summed E-state index contributed by atoms with van der Waals surface area (Å²) in [7, 11) is 1.97. The van der Waals surface area contributed by atoms with Crippen LogP contribution in [-0.2, 0) is 6.42 Å². The topological polar surface area (TPSA) is 25.2 Å². The third-order valence-corrected chi connectivity index (χ3v) is 3.34.